The van der Waals surface area contributed by atoms with Crippen LogP contribution in [0, 0.1) is 6.92 Å². The fourth-order valence-corrected chi connectivity index (χ4v) is 3.67. The lowest BCUT2D eigenvalue weighted by molar-refractivity contribution is 0.0952. The Morgan fingerprint density at radius 2 is 1.90 bits per heavy atom. The quantitative estimate of drug-likeness (QED) is 0.315. The van der Waals surface area contributed by atoms with E-state index in [4.69, 9.17) is 0 Å². The molecule has 3 aromatic carbocycles. The van der Waals surface area contributed by atoms with Crippen molar-refractivity contribution in [3.63, 3.8) is 0 Å². The lowest BCUT2D eigenvalue weighted by Gasteiger charge is -2.06. The summed E-state index contributed by atoms with van der Waals surface area (Å²) in [6.07, 6.45) is 3.65. The second-order valence-electron chi connectivity index (χ2n) is 7.08. The highest BCUT2D eigenvalue weighted by Crippen LogP contribution is 2.23. The normalized spacial score (nSPS) is 11.3. The van der Waals surface area contributed by atoms with Gasteiger partial charge in [0.25, 0.3) is 5.91 Å². The van der Waals surface area contributed by atoms with Gasteiger partial charge in [0.15, 0.2) is 0 Å². The van der Waals surface area contributed by atoms with Crippen molar-refractivity contribution in [3.8, 4) is 5.75 Å². The molecule has 0 bridgehead atoms. The minimum absolute atomic E-state index is 0.0967. The molecule has 0 unspecified atom stereocenters. The first kappa shape index (κ1) is 19.9. The van der Waals surface area contributed by atoms with E-state index in [9.17, 15) is 9.90 Å². The molecule has 0 aliphatic carbocycles. The van der Waals surface area contributed by atoms with Crippen LogP contribution >= 0.6 is 15.9 Å². The number of aromatic hydroxyl groups is 1. The lowest BCUT2D eigenvalue weighted by Crippen LogP contribution is -2.17. The fraction of sp³-hybridized carbons (Fsp3) is 0.0833. The number of phenols is 1. The van der Waals surface area contributed by atoms with Gasteiger partial charge in [-0.3, -0.25) is 4.79 Å². The summed E-state index contributed by atoms with van der Waals surface area (Å²) in [5, 5.41) is 15.0. The van der Waals surface area contributed by atoms with Gasteiger partial charge in [-0.05, 0) is 36.8 Å². The van der Waals surface area contributed by atoms with Crippen LogP contribution in [0.15, 0.2) is 82.5 Å². The zero-order valence-electron chi connectivity index (χ0n) is 16.3. The summed E-state index contributed by atoms with van der Waals surface area (Å²) in [7, 11) is 0. The Labute approximate surface area is 182 Å². The molecule has 0 radical (unpaired) electrons. The van der Waals surface area contributed by atoms with Crippen molar-refractivity contribution in [2.24, 2.45) is 5.10 Å². The first-order valence-electron chi connectivity index (χ1n) is 9.46. The summed E-state index contributed by atoms with van der Waals surface area (Å²) in [4.78, 5) is 12.3. The number of hydrazone groups is 1. The van der Waals surface area contributed by atoms with Crippen LogP contribution in [0.1, 0.15) is 27.0 Å². The first-order valence-corrected chi connectivity index (χ1v) is 10.3. The van der Waals surface area contributed by atoms with Crippen molar-refractivity contribution >= 4 is 39.0 Å². The average molecular weight is 462 g/mol. The molecular formula is C24H20BrN3O2. The third kappa shape index (κ3) is 4.28. The van der Waals surface area contributed by atoms with Crippen molar-refractivity contribution < 1.29 is 9.90 Å². The average Bonchev–Trinajstić information content (AvgIpc) is 3.09. The minimum Gasteiger partial charge on any atom is -0.507 e. The van der Waals surface area contributed by atoms with Gasteiger partial charge >= 0.3 is 0 Å². The van der Waals surface area contributed by atoms with Gasteiger partial charge in [0.05, 0.1) is 11.8 Å². The van der Waals surface area contributed by atoms with E-state index in [0.29, 0.717) is 4.47 Å². The minimum atomic E-state index is -0.478. The number of carbonyl (C=O) groups is 1. The van der Waals surface area contributed by atoms with Crippen LogP contribution in [0.25, 0.3) is 10.9 Å². The maximum absolute atomic E-state index is 12.3. The predicted octanol–water partition coefficient (Wildman–Crippen LogP) is 5.23. The van der Waals surface area contributed by atoms with Gasteiger partial charge in [0.1, 0.15) is 5.75 Å². The fourth-order valence-electron chi connectivity index (χ4n) is 3.31. The van der Waals surface area contributed by atoms with Gasteiger partial charge in [-0.1, -0.05) is 64.0 Å². The van der Waals surface area contributed by atoms with E-state index in [2.05, 4.69) is 68.3 Å². The molecule has 4 aromatic rings. The Balaban J connectivity index is 1.57. The zero-order chi connectivity index (χ0) is 21.1. The summed E-state index contributed by atoms with van der Waals surface area (Å²) >= 11 is 3.30. The summed E-state index contributed by atoms with van der Waals surface area (Å²) in [6.45, 7) is 2.82. The molecule has 4 rings (SSSR count). The molecule has 0 saturated heterocycles. The number of aromatic nitrogens is 1. The number of hydrogen-bond acceptors (Lipinski definition) is 3. The second-order valence-corrected chi connectivity index (χ2v) is 7.99. The van der Waals surface area contributed by atoms with Crippen LogP contribution in [0.2, 0.25) is 0 Å². The largest absolute Gasteiger partial charge is 0.507 e. The topological polar surface area (TPSA) is 66.6 Å². The molecular weight excluding hydrogens is 442 g/mol. The van der Waals surface area contributed by atoms with Gasteiger partial charge < -0.3 is 9.67 Å². The summed E-state index contributed by atoms with van der Waals surface area (Å²) in [6, 6.07) is 21.2. The van der Waals surface area contributed by atoms with Crippen molar-refractivity contribution in [1.29, 1.82) is 0 Å². The maximum Gasteiger partial charge on any atom is 0.275 e. The van der Waals surface area contributed by atoms with Crippen LogP contribution in [-0.2, 0) is 6.54 Å². The Hall–Kier alpha value is -3.38. The van der Waals surface area contributed by atoms with Gasteiger partial charge in [0.2, 0.25) is 0 Å². The lowest BCUT2D eigenvalue weighted by atomic mass is 10.1. The predicted molar refractivity (Wildman–Crippen MR) is 123 cm³/mol. The van der Waals surface area contributed by atoms with E-state index < -0.39 is 5.91 Å². The van der Waals surface area contributed by atoms with Crippen molar-refractivity contribution in [1.82, 2.24) is 9.99 Å². The molecule has 1 aromatic heterocycles. The Bertz CT molecular complexity index is 1240. The molecule has 0 aliphatic rings. The second kappa shape index (κ2) is 8.55. The number of phenolic OH excluding ortho intramolecular Hbond substituents is 1. The van der Waals surface area contributed by atoms with Crippen LogP contribution in [0.3, 0.4) is 0 Å². The molecule has 0 aliphatic heterocycles. The van der Waals surface area contributed by atoms with Gasteiger partial charge in [-0.2, -0.15) is 5.10 Å². The highest BCUT2D eigenvalue weighted by molar-refractivity contribution is 9.10. The van der Waals surface area contributed by atoms with E-state index in [1.165, 1.54) is 17.2 Å². The van der Waals surface area contributed by atoms with Crippen LogP contribution in [0.4, 0.5) is 0 Å². The summed E-state index contributed by atoms with van der Waals surface area (Å²) in [5.41, 5.74) is 7.08. The monoisotopic (exact) mass is 461 g/mol. The van der Waals surface area contributed by atoms with Gasteiger partial charge in [-0.15, -0.1) is 0 Å². The van der Waals surface area contributed by atoms with Crippen molar-refractivity contribution in [3.05, 3.63) is 99.7 Å². The number of carbonyl (C=O) groups excluding carboxylic acids is 1. The third-order valence-electron chi connectivity index (χ3n) is 4.87. The Kier molecular flexibility index (Phi) is 5.68. The number of fused-ring (bicyclic) bond motifs is 1. The molecule has 1 heterocycles. The van der Waals surface area contributed by atoms with Crippen LogP contribution in [0.5, 0.6) is 5.75 Å². The summed E-state index contributed by atoms with van der Waals surface area (Å²) < 4.78 is 2.87. The molecule has 1 amide bonds. The molecule has 30 heavy (non-hydrogen) atoms. The van der Waals surface area contributed by atoms with Crippen molar-refractivity contribution in [2.45, 2.75) is 13.5 Å². The zero-order valence-corrected chi connectivity index (χ0v) is 17.9. The first-order chi connectivity index (χ1) is 14.5. The molecule has 0 saturated carbocycles. The highest BCUT2D eigenvalue weighted by atomic mass is 79.9. The number of nitrogens with one attached hydrogen (secondary N) is 1. The molecule has 150 valence electrons. The Morgan fingerprint density at radius 1 is 1.13 bits per heavy atom. The van der Waals surface area contributed by atoms with Crippen LogP contribution < -0.4 is 5.43 Å². The molecule has 0 spiro atoms. The smallest absolute Gasteiger partial charge is 0.275 e. The Morgan fingerprint density at radius 3 is 2.70 bits per heavy atom. The molecule has 0 fully saturated rings. The molecule has 5 nitrogen and oxygen atoms in total. The number of nitrogens with zero attached hydrogens (tertiary/aromatic N) is 2. The van der Waals surface area contributed by atoms with E-state index >= 15 is 0 Å². The van der Waals surface area contributed by atoms with Gasteiger partial charge in [0, 0.05) is 33.7 Å². The van der Waals surface area contributed by atoms with E-state index in [1.54, 1.807) is 18.3 Å². The number of para-hydroxylation sites is 1. The number of amides is 1. The maximum atomic E-state index is 12.3. The summed E-state index contributed by atoms with van der Waals surface area (Å²) in [5.74, 6) is -0.575. The molecule has 6 heteroatoms. The SMILES string of the molecule is Cc1ccc(Cn2cc(/C=N\NC(=O)c3cc(Br)ccc3O)c3ccccc32)cc1. The van der Waals surface area contributed by atoms with Crippen LogP contribution in [-0.4, -0.2) is 21.8 Å². The number of hydrogen-bond donors (Lipinski definition) is 2. The number of benzene rings is 3. The van der Waals surface area contributed by atoms with E-state index in [0.717, 1.165) is 23.0 Å². The number of aryl methyl sites for hydroxylation is 1. The highest BCUT2D eigenvalue weighted by Gasteiger charge is 2.11. The third-order valence-corrected chi connectivity index (χ3v) is 5.36. The van der Waals surface area contributed by atoms with Crippen molar-refractivity contribution in [2.75, 3.05) is 0 Å². The van der Waals surface area contributed by atoms with E-state index in [1.807, 2.05) is 24.4 Å². The number of rotatable bonds is 5. The molecule has 2 N–H and O–H groups in total. The van der Waals surface area contributed by atoms with Gasteiger partial charge in [-0.25, -0.2) is 5.43 Å². The standard InChI is InChI=1S/C24H20BrN3O2/c1-16-6-8-17(9-7-16)14-28-15-18(20-4-2-3-5-22(20)28)13-26-27-24(30)21-12-19(25)10-11-23(21)29/h2-13,15,29H,14H2,1H3,(H,27,30)/b26-13-. The molecule has 0 atom stereocenters. The van der Waals surface area contributed by atoms with E-state index in [-0.39, 0.29) is 11.3 Å². The number of halogens is 1.